The van der Waals surface area contributed by atoms with Crippen molar-refractivity contribution in [3.63, 3.8) is 0 Å². The highest BCUT2D eigenvalue weighted by Crippen LogP contribution is 2.22. The van der Waals surface area contributed by atoms with Crippen molar-refractivity contribution in [2.24, 2.45) is 0 Å². The van der Waals surface area contributed by atoms with Gasteiger partial charge in [0.15, 0.2) is 9.84 Å². The van der Waals surface area contributed by atoms with Gasteiger partial charge in [0.2, 0.25) is 0 Å². The molecule has 5 heteroatoms. The molecular weight excluding hydrogens is 272 g/mol. The molecule has 0 aliphatic carbocycles. The second-order valence-corrected chi connectivity index (χ2v) is 8.30. The summed E-state index contributed by atoms with van der Waals surface area (Å²) in [4.78, 5) is 4.43. The van der Waals surface area contributed by atoms with E-state index < -0.39 is 14.6 Å². The van der Waals surface area contributed by atoms with E-state index in [1.165, 1.54) is 11.8 Å². The second kappa shape index (κ2) is 6.68. The molecule has 1 atom stereocenters. The molecule has 1 unspecified atom stereocenters. The van der Waals surface area contributed by atoms with Crippen LogP contribution >= 0.6 is 0 Å². The topological polar surface area (TPSA) is 59.1 Å². The standard InChI is InChI=1S/C15H26N2O2S/c1-6-12-8-9-13(17-11-12)10-14(16-7-2)15(3,4)20(5,18)19/h8-9,11,14,16H,6-7,10H2,1-5H3. The molecule has 0 saturated carbocycles. The van der Waals surface area contributed by atoms with E-state index in [0.717, 1.165) is 18.7 Å². The van der Waals surface area contributed by atoms with Crippen LogP contribution in [0.25, 0.3) is 0 Å². The number of nitrogens with zero attached hydrogens (tertiary/aromatic N) is 1. The summed E-state index contributed by atoms with van der Waals surface area (Å²) in [7, 11) is -3.15. The first kappa shape index (κ1) is 17.1. The highest BCUT2D eigenvalue weighted by molar-refractivity contribution is 7.92. The lowest BCUT2D eigenvalue weighted by Crippen LogP contribution is -2.52. The Morgan fingerprint density at radius 1 is 1.30 bits per heavy atom. The summed E-state index contributed by atoms with van der Waals surface area (Å²) in [6, 6.07) is 3.89. The molecule has 0 saturated heterocycles. The number of pyridine rings is 1. The predicted molar refractivity (Wildman–Crippen MR) is 83.7 cm³/mol. The smallest absolute Gasteiger partial charge is 0.154 e. The van der Waals surface area contributed by atoms with Gasteiger partial charge in [0.05, 0.1) is 4.75 Å². The molecule has 114 valence electrons. The Kier molecular flexibility index (Phi) is 5.71. The number of nitrogens with one attached hydrogen (secondary N) is 1. The number of aromatic nitrogens is 1. The number of likely N-dealkylation sites (N-methyl/N-ethyl adjacent to an activating group) is 1. The van der Waals surface area contributed by atoms with Crippen LogP contribution in [-0.4, -0.2) is 37.0 Å². The molecule has 0 fully saturated rings. The maximum absolute atomic E-state index is 12.0. The molecule has 1 N–H and O–H groups in total. The lowest BCUT2D eigenvalue weighted by atomic mass is 9.97. The normalized spacial score (nSPS) is 14.2. The van der Waals surface area contributed by atoms with Gasteiger partial charge in [-0.25, -0.2) is 8.42 Å². The van der Waals surface area contributed by atoms with E-state index in [2.05, 4.69) is 23.3 Å². The Bertz CT molecular complexity index is 521. The third kappa shape index (κ3) is 4.03. The quantitative estimate of drug-likeness (QED) is 0.836. The van der Waals surface area contributed by atoms with Crippen molar-refractivity contribution in [2.75, 3.05) is 12.8 Å². The van der Waals surface area contributed by atoms with Crippen LogP contribution in [0.4, 0.5) is 0 Å². The van der Waals surface area contributed by atoms with E-state index in [1.807, 2.05) is 19.2 Å². The minimum atomic E-state index is -3.15. The van der Waals surface area contributed by atoms with Crippen molar-refractivity contribution < 1.29 is 8.42 Å². The SMILES string of the molecule is CCNC(Cc1ccc(CC)cn1)C(C)(C)S(C)(=O)=O. The second-order valence-electron chi connectivity index (χ2n) is 5.70. The molecule has 0 aromatic carbocycles. The summed E-state index contributed by atoms with van der Waals surface area (Å²) in [5, 5.41) is 3.29. The van der Waals surface area contributed by atoms with E-state index in [4.69, 9.17) is 0 Å². The first-order chi connectivity index (χ1) is 9.22. The lowest BCUT2D eigenvalue weighted by molar-refractivity contribution is 0.411. The summed E-state index contributed by atoms with van der Waals surface area (Å²) in [5.74, 6) is 0. The summed E-state index contributed by atoms with van der Waals surface area (Å²) in [6.45, 7) is 8.35. The molecule has 1 aromatic heterocycles. The van der Waals surface area contributed by atoms with Gasteiger partial charge in [-0.15, -0.1) is 0 Å². The Balaban J connectivity index is 2.97. The van der Waals surface area contributed by atoms with Crippen molar-refractivity contribution in [3.8, 4) is 0 Å². The van der Waals surface area contributed by atoms with Crippen molar-refractivity contribution in [3.05, 3.63) is 29.6 Å². The fourth-order valence-electron chi connectivity index (χ4n) is 2.06. The largest absolute Gasteiger partial charge is 0.312 e. The van der Waals surface area contributed by atoms with Gasteiger partial charge in [0.1, 0.15) is 0 Å². The zero-order valence-corrected chi connectivity index (χ0v) is 13.9. The highest BCUT2D eigenvalue weighted by atomic mass is 32.2. The Hall–Kier alpha value is -0.940. The van der Waals surface area contributed by atoms with Crippen LogP contribution in [0.1, 0.15) is 39.0 Å². The molecule has 0 aliphatic rings. The molecule has 1 aromatic rings. The summed E-state index contributed by atoms with van der Waals surface area (Å²) in [6.07, 6.45) is 4.73. The molecule has 0 aliphatic heterocycles. The fraction of sp³-hybridized carbons (Fsp3) is 0.667. The third-order valence-electron chi connectivity index (χ3n) is 3.95. The fourth-order valence-corrected chi connectivity index (χ4v) is 2.75. The lowest BCUT2D eigenvalue weighted by Gasteiger charge is -2.33. The Morgan fingerprint density at radius 3 is 2.35 bits per heavy atom. The van der Waals surface area contributed by atoms with Crippen LogP contribution in [0.3, 0.4) is 0 Å². The molecule has 0 bridgehead atoms. The Labute approximate surface area is 122 Å². The number of sulfone groups is 1. The molecule has 1 rings (SSSR count). The van der Waals surface area contributed by atoms with Gasteiger partial charge in [-0.2, -0.15) is 0 Å². The van der Waals surface area contributed by atoms with Crippen molar-refractivity contribution in [1.82, 2.24) is 10.3 Å². The number of rotatable bonds is 7. The van der Waals surface area contributed by atoms with Crippen LogP contribution in [0.2, 0.25) is 0 Å². The van der Waals surface area contributed by atoms with Crippen LogP contribution in [0.15, 0.2) is 18.3 Å². The summed E-state index contributed by atoms with van der Waals surface area (Å²) >= 11 is 0. The van der Waals surface area contributed by atoms with Gasteiger partial charge in [-0.1, -0.05) is 19.9 Å². The summed E-state index contributed by atoms with van der Waals surface area (Å²) < 4.78 is 23.2. The zero-order chi connectivity index (χ0) is 15.4. The average Bonchev–Trinajstić information content (AvgIpc) is 2.37. The molecule has 4 nitrogen and oxygen atoms in total. The van der Waals surface area contributed by atoms with E-state index in [1.54, 1.807) is 13.8 Å². The van der Waals surface area contributed by atoms with Crippen molar-refractivity contribution >= 4 is 9.84 Å². The van der Waals surface area contributed by atoms with Gasteiger partial charge in [-0.05, 0) is 38.4 Å². The molecule has 20 heavy (non-hydrogen) atoms. The van der Waals surface area contributed by atoms with Gasteiger partial charge >= 0.3 is 0 Å². The average molecular weight is 298 g/mol. The minimum Gasteiger partial charge on any atom is -0.312 e. The van der Waals surface area contributed by atoms with E-state index >= 15 is 0 Å². The number of hydrogen-bond donors (Lipinski definition) is 1. The third-order valence-corrected chi connectivity index (χ3v) is 6.15. The van der Waals surface area contributed by atoms with Crippen LogP contribution in [0, 0.1) is 0 Å². The highest BCUT2D eigenvalue weighted by Gasteiger charge is 2.38. The van der Waals surface area contributed by atoms with Gasteiger partial charge < -0.3 is 5.32 Å². The van der Waals surface area contributed by atoms with Crippen LogP contribution in [-0.2, 0) is 22.7 Å². The van der Waals surface area contributed by atoms with E-state index in [-0.39, 0.29) is 6.04 Å². The van der Waals surface area contributed by atoms with Crippen molar-refractivity contribution in [2.45, 2.75) is 51.3 Å². The maximum Gasteiger partial charge on any atom is 0.154 e. The number of aryl methyl sites for hydroxylation is 1. The van der Waals surface area contributed by atoms with Crippen LogP contribution in [0.5, 0.6) is 0 Å². The molecule has 0 radical (unpaired) electrons. The first-order valence-electron chi connectivity index (χ1n) is 7.09. The number of hydrogen-bond acceptors (Lipinski definition) is 4. The van der Waals surface area contributed by atoms with Crippen LogP contribution < -0.4 is 5.32 Å². The van der Waals surface area contributed by atoms with Crippen molar-refractivity contribution in [1.29, 1.82) is 0 Å². The van der Waals surface area contributed by atoms with Gasteiger partial charge in [0, 0.05) is 30.6 Å². The molecule has 0 spiro atoms. The van der Waals surface area contributed by atoms with Gasteiger partial charge in [0.25, 0.3) is 0 Å². The van der Waals surface area contributed by atoms with Gasteiger partial charge in [-0.3, -0.25) is 4.98 Å². The first-order valence-corrected chi connectivity index (χ1v) is 8.98. The van der Waals surface area contributed by atoms with E-state index in [0.29, 0.717) is 6.42 Å². The predicted octanol–water partition coefficient (Wildman–Crippen LogP) is 1.99. The zero-order valence-electron chi connectivity index (χ0n) is 13.1. The summed E-state index contributed by atoms with van der Waals surface area (Å²) in [5.41, 5.74) is 2.11. The minimum absolute atomic E-state index is 0.150. The molecule has 0 amide bonds. The molecular formula is C15H26N2O2S. The van der Waals surface area contributed by atoms with E-state index in [9.17, 15) is 8.42 Å². The Morgan fingerprint density at radius 2 is 1.95 bits per heavy atom. The maximum atomic E-state index is 12.0. The monoisotopic (exact) mass is 298 g/mol. The molecule has 1 heterocycles.